The van der Waals surface area contributed by atoms with Gasteiger partial charge in [-0.25, -0.2) is 0 Å². The van der Waals surface area contributed by atoms with Crippen LogP contribution in [0.1, 0.15) is 11.1 Å². The number of anilines is 1. The molecule has 0 aliphatic rings. The van der Waals surface area contributed by atoms with Crippen molar-refractivity contribution in [1.82, 2.24) is 0 Å². The van der Waals surface area contributed by atoms with E-state index in [9.17, 15) is 4.21 Å². The Bertz CT molecular complexity index is 598. The second-order valence-corrected chi connectivity index (χ2v) is 6.50. The molecule has 0 fully saturated rings. The van der Waals surface area contributed by atoms with Crippen molar-refractivity contribution < 1.29 is 4.21 Å². The van der Waals surface area contributed by atoms with Gasteiger partial charge in [-0.05, 0) is 42.3 Å². The van der Waals surface area contributed by atoms with E-state index in [-0.39, 0.29) is 0 Å². The smallest absolute Gasteiger partial charge is 0.0623 e. The highest BCUT2D eigenvalue weighted by molar-refractivity contribution is 9.10. The summed E-state index contributed by atoms with van der Waals surface area (Å²) < 4.78 is 13.3. The van der Waals surface area contributed by atoms with Crippen LogP contribution in [0.3, 0.4) is 0 Å². The standard InChI is InChI=1S/C14H14BrNOS/c1-10-5-6-13(16)14(7-10)18(17)9-11-3-2-4-12(15)8-11/h2-8H,9,16H2,1H3. The summed E-state index contributed by atoms with van der Waals surface area (Å²) >= 11 is 3.41. The van der Waals surface area contributed by atoms with Crippen LogP contribution in [-0.4, -0.2) is 4.21 Å². The molecule has 0 aliphatic heterocycles. The van der Waals surface area contributed by atoms with Crippen LogP contribution in [0.15, 0.2) is 51.8 Å². The van der Waals surface area contributed by atoms with E-state index in [1.165, 1.54) is 0 Å². The first-order valence-corrected chi connectivity index (χ1v) is 7.66. The number of hydrogen-bond donors (Lipinski definition) is 1. The molecule has 0 heterocycles. The normalized spacial score (nSPS) is 12.3. The third kappa shape index (κ3) is 3.21. The third-order valence-corrected chi connectivity index (χ3v) is 4.53. The minimum Gasteiger partial charge on any atom is -0.398 e. The van der Waals surface area contributed by atoms with E-state index in [0.29, 0.717) is 11.4 Å². The molecule has 0 bridgehead atoms. The van der Waals surface area contributed by atoms with Gasteiger partial charge < -0.3 is 5.73 Å². The number of nitrogens with two attached hydrogens (primary N) is 1. The van der Waals surface area contributed by atoms with Crippen LogP contribution in [0.5, 0.6) is 0 Å². The van der Waals surface area contributed by atoms with Crippen molar-refractivity contribution in [2.24, 2.45) is 0 Å². The van der Waals surface area contributed by atoms with Crippen LogP contribution in [-0.2, 0) is 16.6 Å². The van der Waals surface area contributed by atoms with E-state index in [2.05, 4.69) is 15.9 Å². The van der Waals surface area contributed by atoms with Crippen molar-refractivity contribution in [2.75, 3.05) is 5.73 Å². The zero-order valence-electron chi connectivity index (χ0n) is 10.0. The van der Waals surface area contributed by atoms with E-state index in [1.54, 1.807) is 0 Å². The van der Waals surface area contributed by atoms with Crippen LogP contribution in [0.2, 0.25) is 0 Å². The number of nitrogen functional groups attached to an aromatic ring is 1. The molecule has 94 valence electrons. The van der Waals surface area contributed by atoms with E-state index in [1.807, 2.05) is 49.4 Å². The molecule has 2 rings (SSSR count). The second kappa shape index (κ2) is 5.67. The van der Waals surface area contributed by atoms with Gasteiger partial charge in [-0.1, -0.05) is 34.1 Å². The van der Waals surface area contributed by atoms with Crippen molar-refractivity contribution in [3.63, 3.8) is 0 Å². The molecule has 2 N–H and O–H groups in total. The summed E-state index contributed by atoms with van der Waals surface area (Å²) in [5.41, 5.74) is 8.57. The molecule has 1 unspecified atom stereocenters. The minimum atomic E-state index is -1.11. The summed E-state index contributed by atoms with van der Waals surface area (Å²) in [6, 6.07) is 13.5. The Morgan fingerprint density at radius 3 is 2.72 bits per heavy atom. The highest BCUT2D eigenvalue weighted by atomic mass is 79.9. The molecule has 18 heavy (non-hydrogen) atoms. The fourth-order valence-electron chi connectivity index (χ4n) is 1.69. The maximum absolute atomic E-state index is 12.3. The van der Waals surface area contributed by atoms with Crippen molar-refractivity contribution in [3.05, 3.63) is 58.1 Å². The predicted octanol–water partition coefficient (Wildman–Crippen LogP) is 3.65. The van der Waals surface area contributed by atoms with Crippen LogP contribution in [0.4, 0.5) is 5.69 Å². The summed E-state index contributed by atoms with van der Waals surface area (Å²) in [5, 5.41) is 0. The number of halogens is 1. The maximum atomic E-state index is 12.3. The number of benzene rings is 2. The quantitative estimate of drug-likeness (QED) is 0.876. The molecule has 0 spiro atoms. The molecule has 0 amide bonds. The van der Waals surface area contributed by atoms with Gasteiger partial charge in [-0.2, -0.15) is 0 Å². The maximum Gasteiger partial charge on any atom is 0.0623 e. The molecule has 0 saturated carbocycles. The zero-order chi connectivity index (χ0) is 13.1. The van der Waals surface area contributed by atoms with Gasteiger partial charge in [0.1, 0.15) is 0 Å². The number of hydrogen-bond acceptors (Lipinski definition) is 2. The first-order valence-electron chi connectivity index (χ1n) is 5.55. The zero-order valence-corrected chi connectivity index (χ0v) is 12.4. The fraction of sp³-hybridized carbons (Fsp3) is 0.143. The first kappa shape index (κ1) is 13.3. The molecule has 0 radical (unpaired) electrons. The van der Waals surface area contributed by atoms with Gasteiger partial charge in [0, 0.05) is 10.2 Å². The van der Waals surface area contributed by atoms with Gasteiger partial charge in [0.15, 0.2) is 0 Å². The Kier molecular flexibility index (Phi) is 4.19. The largest absolute Gasteiger partial charge is 0.398 e. The van der Waals surface area contributed by atoms with Crippen molar-refractivity contribution >= 4 is 32.4 Å². The summed E-state index contributed by atoms with van der Waals surface area (Å²) in [6.07, 6.45) is 0. The lowest BCUT2D eigenvalue weighted by Crippen LogP contribution is -2.01. The van der Waals surface area contributed by atoms with Crippen molar-refractivity contribution in [2.45, 2.75) is 17.6 Å². The van der Waals surface area contributed by atoms with Crippen LogP contribution >= 0.6 is 15.9 Å². The topological polar surface area (TPSA) is 43.1 Å². The molecule has 4 heteroatoms. The summed E-state index contributed by atoms with van der Waals surface area (Å²) in [4.78, 5) is 0.718. The Morgan fingerprint density at radius 2 is 2.00 bits per heavy atom. The predicted molar refractivity (Wildman–Crippen MR) is 79.8 cm³/mol. The van der Waals surface area contributed by atoms with E-state index in [4.69, 9.17) is 5.73 Å². The number of rotatable bonds is 3. The molecular weight excluding hydrogens is 310 g/mol. The molecule has 1 atom stereocenters. The monoisotopic (exact) mass is 323 g/mol. The van der Waals surface area contributed by atoms with Gasteiger partial charge in [0.05, 0.1) is 21.4 Å². The molecule has 2 aromatic rings. The van der Waals surface area contributed by atoms with Gasteiger partial charge in [0.2, 0.25) is 0 Å². The molecule has 0 aliphatic carbocycles. The molecule has 2 nitrogen and oxygen atoms in total. The van der Waals surface area contributed by atoms with E-state index < -0.39 is 10.8 Å². The third-order valence-electron chi connectivity index (χ3n) is 2.60. The van der Waals surface area contributed by atoms with Gasteiger partial charge in [0.25, 0.3) is 0 Å². The Labute approximate surface area is 118 Å². The Morgan fingerprint density at radius 1 is 1.22 bits per heavy atom. The highest BCUT2D eigenvalue weighted by Gasteiger charge is 2.09. The SMILES string of the molecule is Cc1ccc(N)c(S(=O)Cc2cccc(Br)c2)c1. The van der Waals surface area contributed by atoms with Crippen LogP contribution in [0, 0.1) is 6.92 Å². The molecule has 0 saturated heterocycles. The summed E-state index contributed by atoms with van der Waals surface area (Å²) in [6.45, 7) is 1.97. The van der Waals surface area contributed by atoms with Gasteiger partial charge in [-0.3, -0.25) is 4.21 Å². The highest BCUT2D eigenvalue weighted by Crippen LogP contribution is 2.21. The second-order valence-electron chi connectivity index (χ2n) is 4.16. The van der Waals surface area contributed by atoms with E-state index in [0.717, 1.165) is 20.5 Å². The summed E-state index contributed by atoms with van der Waals surface area (Å²) in [7, 11) is -1.11. The number of aryl methyl sites for hydroxylation is 1. The minimum absolute atomic E-state index is 0.479. The Hall–Kier alpha value is -1.13. The van der Waals surface area contributed by atoms with Gasteiger partial charge in [-0.15, -0.1) is 0 Å². The van der Waals surface area contributed by atoms with Crippen LogP contribution in [0.25, 0.3) is 0 Å². The Balaban J connectivity index is 2.24. The lowest BCUT2D eigenvalue weighted by Gasteiger charge is -2.07. The lowest BCUT2D eigenvalue weighted by molar-refractivity contribution is 0.683. The van der Waals surface area contributed by atoms with Crippen molar-refractivity contribution in [3.8, 4) is 0 Å². The average Bonchev–Trinajstić information content (AvgIpc) is 2.32. The van der Waals surface area contributed by atoms with Crippen LogP contribution < -0.4 is 5.73 Å². The molecule has 0 aromatic heterocycles. The van der Waals surface area contributed by atoms with Gasteiger partial charge >= 0.3 is 0 Å². The lowest BCUT2D eigenvalue weighted by atomic mass is 10.2. The van der Waals surface area contributed by atoms with E-state index >= 15 is 0 Å². The van der Waals surface area contributed by atoms with Crippen molar-refractivity contribution in [1.29, 1.82) is 0 Å². The average molecular weight is 324 g/mol. The summed E-state index contributed by atoms with van der Waals surface area (Å²) in [5.74, 6) is 0.479. The molecule has 2 aromatic carbocycles. The molecular formula is C14H14BrNOS. The first-order chi connectivity index (χ1) is 8.56. The fourth-order valence-corrected chi connectivity index (χ4v) is 3.43.